The second-order valence-corrected chi connectivity index (χ2v) is 6.41. The van der Waals surface area contributed by atoms with Gasteiger partial charge in [-0.3, -0.25) is 9.59 Å². The van der Waals surface area contributed by atoms with Crippen molar-refractivity contribution in [3.05, 3.63) is 0 Å². The smallest absolute Gasteiger partial charge is 0.226 e. The average molecular weight is 294 g/mol. The van der Waals surface area contributed by atoms with Gasteiger partial charge in [-0.15, -0.1) is 0 Å². The molecular weight excluding hydrogens is 264 g/mol. The highest BCUT2D eigenvalue weighted by Gasteiger charge is 2.54. The normalized spacial score (nSPS) is 30.5. The van der Waals surface area contributed by atoms with Gasteiger partial charge in [0.1, 0.15) is 0 Å². The lowest BCUT2D eigenvalue weighted by Crippen LogP contribution is -2.47. The summed E-state index contributed by atoms with van der Waals surface area (Å²) >= 11 is 0. The van der Waals surface area contributed by atoms with Crippen LogP contribution in [0.5, 0.6) is 0 Å². The number of amides is 2. The summed E-state index contributed by atoms with van der Waals surface area (Å²) in [5.74, 6) is 1.20. The van der Waals surface area contributed by atoms with Crippen molar-refractivity contribution in [3.63, 3.8) is 0 Å². The van der Waals surface area contributed by atoms with E-state index in [2.05, 4.69) is 0 Å². The molecule has 0 aliphatic heterocycles. The van der Waals surface area contributed by atoms with Crippen molar-refractivity contribution in [1.82, 2.24) is 9.80 Å². The number of hydrogen-bond donors (Lipinski definition) is 0. The maximum Gasteiger partial charge on any atom is 0.226 e. The van der Waals surface area contributed by atoms with Crippen molar-refractivity contribution < 1.29 is 9.59 Å². The lowest BCUT2D eigenvalue weighted by atomic mass is 9.77. The van der Waals surface area contributed by atoms with Crippen molar-refractivity contribution in [3.8, 4) is 0 Å². The van der Waals surface area contributed by atoms with Crippen molar-refractivity contribution in [2.75, 3.05) is 26.2 Å². The van der Waals surface area contributed by atoms with E-state index < -0.39 is 0 Å². The van der Waals surface area contributed by atoms with E-state index in [0.717, 1.165) is 45.4 Å². The summed E-state index contributed by atoms with van der Waals surface area (Å²) in [6.07, 6.45) is 3.34. The fraction of sp³-hybridized carbons (Fsp3) is 0.882. The fourth-order valence-corrected chi connectivity index (χ4v) is 4.49. The highest BCUT2D eigenvalue weighted by Crippen LogP contribution is 2.53. The predicted octanol–water partition coefficient (Wildman–Crippen LogP) is 2.39. The Bertz CT molecular complexity index is 352. The van der Waals surface area contributed by atoms with Crippen molar-refractivity contribution in [1.29, 1.82) is 0 Å². The molecule has 2 rings (SSSR count). The summed E-state index contributed by atoms with van der Waals surface area (Å²) in [5, 5.41) is 0. The van der Waals surface area contributed by atoms with E-state index in [0.29, 0.717) is 11.8 Å². The van der Waals surface area contributed by atoms with Crippen molar-refractivity contribution in [2.24, 2.45) is 23.7 Å². The van der Waals surface area contributed by atoms with Gasteiger partial charge >= 0.3 is 0 Å². The highest BCUT2D eigenvalue weighted by molar-refractivity contribution is 5.89. The number of nitrogens with zero attached hydrogens (tertiary/aromatic N) is 2. The number of rotatable bonds is 6. The minimum absolute atomic E-state index is 0.0586. The molecule has 2 aliphatic carbocycles. The molecule has 2 amide bonds. The van der Waals surface area contributed by atoms with Gasteiger partial charge in [0.15, 0.2) is 0 Å². The van der Waals surface area contributed by atoms with Gasteiger partial charge in [0.2, 0.25) is 11.8 Å². The molecule has 2 bridgehead atoms. The number of carbonyl (C=O) groups excluding carboxylic acids is 2. The van der Waals surface area contributed by atoms with E-state index in [-0.39, 0.29) is 23.7 Å². The minimum Gasteiger partial charge on any atom is -0.343 e. The minimum atomic E-state index is -0.0586. The molecule has 2 aliphatic rings. The van der Waals surface area contributed by atoms with Gasteiger partial charge in [-0.25, -0.2) is 0 Å². The predicted molar refractivity (Wildman–Crippen MR) is 83.7 cm³/mol. The first-order chi connectivity index (χ1) is 10.1. The van der Waals surface area contributed by atoms with Crippen LogP contribution in [0.3, 0.4) is 0 Å². The fourth-order valence-electron chi connectivity index (χ4n) is 4.49. The lowest BCUT2D eigenvalue weighted by molar-refractivity contribution is -0.148. The van der Waals surface area contributed by atoms with Crippen LogP contribution in [0.25, 0.3) is 0 Å². The van der Waals surface area contributed by atoms with Crippen LogP contribution in [0.4, 0.5) is 0 Å². The summed E-state index contributed by atoms with van der Waals surface area (Å²) in [4.78, 5) is 29.6. The van der Waals surface area contributed by atoms with Crippen molar-refractivity contribution >= 4 is 11.8 Å². The quantitative estimate of drug-likeness (QED) is 0.754. The zero-order valence-corrected chi connectivity index (χ0v) is 14.0. The Morgan fingerprint density at radius 2 is 1.10 bits per heavy atom. The van der Waals surface area contributed by atoms with E-state index in [9.17, 15) is 9.59 Å². The standard InChI is InChI=1S/C17H30N2O2/c1-5-18(6-2)16(20)14-12-9-10-13(11-12)15(14)17(21)19(7-3)8-4/h12-15H,5-11H2,1-4H3. The van der Waals surface area contributed by atoms with Gasteiger partial charge in [-0.1, -0.05) is 0 Å². The van der Waals surface area contributed by atoms with E-state index in [4.69, 9.17) is 0 Å². The Balaban J connectivity index is 2.21. The Morgan fingerprint density at radius 3 is 1.38 bits per heavy atom. The first kappa shape index (κ1) is 16.3. The molecule has 0 heterocycles. The van der Waals surface area contributed by atoms with Gasteiger partial charge in [-0.05, 0) is 58.8 Å². The van der Waals surface area contributed by atoms with E-state index >= 15 is 0 Å². The first-order valence-electron chi connectivity index (χ1n) is 8.66. The zero-order chi connectivity index (χ0) is 15.6. The maximum atomic E-state index is 12.9. The Labute approximate surface area is 128 Å². The molecule has 2 saturated carbocycles. The molecule has 0 aromatic carbocycles. The summed E-state index contributed by atoms with van der Waals surface area (Å²) in [5.41, 5.74) is 0. The number of carbonyl (C=O) groups is 2. The Morgan fingerprint density at radius 1 is 0.762 bits per heavy atom. The third-order valence-electron chi connectivity index (χ3n) is 5.64. The Kier molecular flexibility index (Phi) is 5.28. The third-order valence-corrected chi connectivity index (χ3v) is 5.64. The van der Waals surface area contributed by atoms with Gasteiger partial charge in [0.05, 0.1) is 11.8 Å². The van der Waals surface area contributed by atoms with Crippen LogP contribution >= 0.6 is 0 Å². The van der Waals surface area contributed by atoms with Crippen LogP contribution in [0.1, 0.15) is 47.0 Å². The molecule has 4 atom stereocenters. The lowest BCUT2D eigenvalue weighted by Gasteiger charge is -2.35. The molecule has 4 nitrogen and oxygen atoms in total. The summed E-state index contributed by atoms with van der Waals surface area (Å²) in [7, 11) is 0. The average Bonchev–Trinajstić information content (AvgIpc) is 3.10. The molecule has 21 heavy (non-hydrogen) atoms. The molecule has 0 aromatic heterocycles. The van der Waals surface area contributed by atoms with Gasteiger partial charge < -0.3 is 9.80 Å². The van der Waals surface area contributed by atoms with E-state index in [1.165, 1.54) is 0 Å². The summed E-state index contributed by atoms with van der Waals surface area (Å²) in [6, 6.07) is 0. The molecule has 120 valence electrons. The SMILES string of the molecule is CCN(CC)C(=O)C1C2CCC(C2)C1C(=O)N(CC)CC. The molecule has 0 spiro atoms. The Hall–Kier alpha value is -1.06. The van der Waals surface area contributed by atoms with Gasteiger partial charge in [-0.2, -0.15) is 0 Å². The largest absolute Gasteiger partial charge is 0.343 e. The second-order valence-electron chi connectivity index (χ2n) is 6.41. The number of hydrogen-bond acceptors (Lipinski definition) is 2. The van der Waals surface area contributed by atoms with E-state index in [1.807, 2.05) is 37.5 Å². The van der Waals surface area contributed by atoms with E-state index in [1.54, 1.807) is 0 Å². The van der Waals surface area contributed by atoms with Crippen LogP contribution in [-0.4, -0.2) is 47.8 Å². The maximum absolute atomic E-state index is 12.9. The summed E-state index contributed by atoms with van der Waals surface area (Å²) in [6.45, 7) is 11.1. The molecule has 0 N–H and O–H groups in total. The number of fused-ring (bicyclic) bond motifs is 2. The molecule has 0 saturated heterocycles. The van der Waals surface area contributed by atoms with Crippen molar-refractivity contribution in [2.45, 2.75) is 47.0 Å². The zero-order valence-electron chi connectivity index (χ0n) is 14.0. The molecule has 0 radical (unpaired) electrons. The molecular formula is C17H30N2O2. The molecule has 4 unspecified atom stereocenters. The molecule has 4 heteroatoms. The van der Waals surface area contributed by atoms with Crippen LogP contribution < -0.4 is 0 Å². The molecule has 2 fully saturated rings. The van der Waals surface area contributed by atoms with Crippen LogP contribution in [0.15, 0.2) is 0 Å². The second kappa shape index (κ2) is 6.80. The third kappa shape index (κ3) is 2.82. The highest BCUT2D eigenvalue weighted by atomic mass is 16.2. The van der Waals surface area contributed by atoms with Crippen LogP contribution in [0, 0.1) is 23.7 Å². The summed E-state index contributed by atoms with van der Waals surface area (Å²) < 4.78 is 0. The van der Waals surface area contributed by atoms with Gasteiger partial charge in [0.25, 0.3) is 0 Å². The van der Waals surface area contributed by atoms with Crippen LogP contribution in [-0.2, 0) is 9.59 Å². The van der Waals surface area contributed by atoms with Gasteiger partial charge in [0, 0.05) is 26.2 Å². The topological polar surface area (TPSA) is 40.6 Å². The first-order valence-corrected chi connectivity index (χ1v) is 8.66. The monoisotopic (exact) mass is 294 g/mol. The van der Waals surface area contributed by atoms with Crippen LogP contribution in [0.2, 0.25) is 0 Å². The molecule has 0 aromatic rings.